The van der Waals surface area contributed by atoms with E-state index < -0.39 is 0 Å². The summed E-state index contributed by atoms with van der Waals surface area (Å²) in [5, 5.41) is 2.93. The van der Waals surface area contributed by atoms with Crippen molar-refractivity contribution in [3.63, 3.8) is 0 Å². The highest BCUT2D eigenvalue weighted by molar-refractivity contribution is 5.92. The summed E-state index contributed by atoms with van der Waals surface area (Å²) in [6.45, 7) is 3.84. The molecule has 6 heteroatoms. The minimum absolute atomic E-state index is 0.0155. The van der Waals surface area contributed by atoms with E-state index in [0.717, 1.165) is 37.5 Å². The van der Waals surface area contributed by atoms with Crippen molar-refractivity contribution in [2.45, 2.75) is 13.0 Å². The lowest BCUT2D eigenvalue weighted by Gasteiger charge is -2.32. The molecule has 6 nitrogen and oxygen atoms in total. The van der Waals surface area contributed by atoms with E-state index in [2.05, 4.69) is 17.3 Å². The normalized spacial score (nSPS) is 23.7. The molecule has 0 spiro atoms. The maximum absolute atomic E-state index is 12.4. The molecule has 1 aromatic rings. The third-order valence-electron chi connectivity index (χ3n) is 4.89. The van der Waals surface area contributed by atoms with Crippen LogP contribution in [0.2, 0.25) is 0 Å². The Kier molecular flexibility index (Phi) is 5.04. The van der Waals surface area contributed by atoms with Gasteiger partial charge in [0, 0.05) is 32.7 Å². The van der Waals surface area contributed by atoms with Crippen molar-refractivity contribution in [1.29, 1.82) is 0 Å². The van der Waals surface area contributed by atoms with Crippen molar-refractivity contribution < 1.29 is 14.3 Å². The summed E-state index contributed by atoms with van der Waals surface area (Å²) in [5.74, 6) is 0.649. The van der Waals surface area contributed by atoms with Gasteiger partial charge in [-0.05, 0) is 31.2 Å². The smallest absolute Gasteiger partial charge is 0.226 e. The lowest BCUT2D eigenvalue weighted by atomic mass is 10.2. The van der Waals surface area contributed by atoms with Crippen LogP contribution in [-0.2, 0) is 16.1 Å². The topological polar surface area (TPSA) is 61.9 Å². The van der Waals surface area contributed by atoms with Gasteiger partial charge in [-0.3, -0.25) is 9.59 Å². The maximum Gasteiger partial charge on any atom is 0.226 e. The molecule has 1 N–H and O–H groups in total. The Labute approximate surface area is 142 Å². The number of likely N-dealkylation sites (N-methyl/N-ethyl adjacent to an activating group) is 1. The molecular weight excluding hydrogens is 306 g/mol. The van der Waals surface area contributed by atoms with Gasteiger partial charge in [0.1, 0.15) is 5.75 Å². The summed E-state index contributed by atoms with van der Waals surface area (Å²) in [5.41, 5.74) is 1.02. The predicted octanol–water partition coefficient (Wildman–Crippen LogP) is 0.722. The van der Waals surface area contributed by atoms with E-state index in [9.17, 15) is 9.59 Å². The van der Waals surface area contributed by atoms with Gasteiger partial charge in [-0.15, -0.1) is 0 Å². The van der Waals surface area contributed by atoms with Crippen LogP contribution in [0.5, 0.6) is 5.75 Å². The first-order valence-electron chi connectivity index (χ1n) is 8.46. The number of hydrogen-bond acceptors (Lipinski definition) is 4. The number of carbonyl (C=O) groups is 2. The monoisotopic (exact) mass is 331 g/mol. The van der Waals surface area contributed by atoms with E-state index in [1.807, 2.05) is 29.2 Å². The highest BCUT2D eigenvalue weighted by Crippen LogP contribution is 2.40. The van der Waals surface area contributed by atoms with Crippen molar-refractivity contribution in [3.8, 4) is 5.75 Å². The van der Waals surface area contributed by atoms with Crippen LogP contribution in [0.25, 0.3) is 0 Å². The number of benzene rings is 1. The Morgan fingerprint density at radius 1 is 1.12 bits per heavy atom. The molecular formula is C18H25N3O3. The molecule has 0 aromatic heterocycles. The molecule has 2 amide bonds. The fourth-order valence-electron chi connectivity index (χ4n) is 3.08. The number of hydrogen-bond donors (Lipinski definition) is 1. The summed E-state index contributed by atoms with van der Waals surface area (Å²) in [6.07, 6.45) is 0.680. The molecule has 1 saturated carbocycles. The number of nitrogens with one attached hydrogen (secondary N) is 1. The van der Waals surface area contributed by atoms with Crippen molar-refractivity contribution in [3.05, 3.63) is 29.8 Å². The predicted molar refractivity (Wildman–Crippen MR) is 90.5 cm³/mol. The van der Waals surface area contributed by atoms with E-state index in [4.69, 9.17) is 4.74 Å². The van der Waals surface area contributed by atoms with Crippen molar-refractivity contribution >= 4 is 11.8 Å². The highest BCUT2D eigenvalue weighted by Gasteiger charge is 2.49. The molecule has 2 fully saturated rings. The zero-order valence-corrected chi connectivity index (χ0v) is 14.3. The summed E-state index contributed by atoms with van der Waals surface area (Å²) in [7, 11) is 3.69. The highest BCUT2D eigenvalue weighted by atomic mass is 16.5. The van der Waals surface area contributed by atoms with Crippen LogP contribution in [-0.4, -0.2) is 62.0 Å². The third-order valence-corrected chi connectivity index (χ3v) is 4.89. The average molecular weight is 331 g/mol. The zero-order valence-electron chi connectivity index (χ0n) is 14.3. The molecule has 1 aliphatic carbocycles. The van der Waals surface area contributed by atoms with Crippen LogP contribution in [0.4, 0.5) is 0 Å². The Bertz CT molecular complexity index is 594. The fourth-order valence-corrected chi connectivity index (χ4v) is 3.08. The number of rotatable bonds is 5. The second-order valence-electron chi connectivity index (χ2n) is 6.64. The molecule has 2 atom stereocenters. The van der Waals surface area contributed by atoms with Crippen LogP contribution < -0.4 is 10.1 Å². The van der Waals surface area contributed by atoms with Crippen LogP contribution in [0.1, 0.15) is 12.0 Å². The fraction of sp³-hybridized carbons (Fsp3) is 0.556. The number of ether oxygens (including phenoxy) is 1. The minimum Gasteiger partial charge on any atom is -0.497 e. The van der Waals surface area contributed by atoms with Gasteiger partial charge < -0.3 is 19.9 Å². The first-order valence-corrected chi connectivity index (χ1v) is 8.46. The standard InChI is InChI=1S/C18H25N3O3/c1-20-7-9-21(10-8-20)18(23)16-11-15(16)17(22)19-12-13-3-5-14(24-2)6-4-13/h3-6,15-16H,7-12H2,1-2H3,(H,19,22). The van der Waals surface area contributed by atoms with Gasteiger partial charge in [-0.2, -0.15) is 0 Å². The molecule has 130 valence electrons. The molecule has 2 aliphatic rings. The van der Waals surface area contributed by atoms with E-state index in [0.29, 0.717) is 13.0 Å². The summed E-state index contributed by atoms with van der Waals surface area (Å²) >= 11 is 0. The molecule has 1 aliphatic heterocycles. The van der Waals surface area contributed by atoms with E-state index in [1.165, 1.54) is 0 Å². The minimum atomic E-state index is -0.157. The Hall–Kier alpha value is -2.08. The number of carbonyl (C=O) groups excluding carboxylic acids is 2. The Morgan fingerprint density at radius 2 is 1.79 bits per heavy atom. The lowest BCUT2D eigenvalue weighted by molar-refractivity contribution is -0.136. The Morgan fingerprint density at radius 3 is 2.42 bits per heavy atom. The molecule has 1 heterocycles. The van der Waals surface area contributed by atoms with E-state index in [1.54, 1.807) is 7.11 Å². The van der Waals surface area contributed by atoms with E-state index >= 15 is 0 Å². The maximum atomic E-state index is 12.4. The van der Waals surface area contributed by atoms with Gasteiger partial charge in [0.05, 0.1) is 18.9 Å². The quantitative estimate of drug-likeness (QED) is 0.864. The van der Waals surface area contributed by atoms with Crippen LogP contribution in [0.15, 0.2) is 24.3 Å². The van der Waals surface area contributed by atoms with Crippen molar-refractivity contribution in [2.75, 3.05) is 40.3 Å². The first-order chi connectivity index (χ1) is 11.6. The third kappa shape index (κ3) is 3.87. The van der Waals surface area contributed by atoms with Gasteiger partial charge in [0.2, 0.25) is 11.8 Å². The molecule has 0 bridgehead atoms. The van der Waals surface area contributed by atoms with Crippen molar-refractivity contribution in [2.24, 2.45) is 11.8 Å². The van der Waals surface area contributed by atoms with Gasteiger partial charge in [-0.1, -0.05) is 12.1 Å². The zero-order chi connectivity index (χ0) is 17.1. The number of nitrogens with zero attached hydrogens (tertiary/aromatic N) is 2. The van der Waals surface area contributed by atoms with Crippen LogP contribution in [0.3, 0.4) is 0 Å². The Balaban J connectivity index is 1.44. The lowest BCUT2D eigenvalue weighted by Crippen LogP contribution is -2.48. The second kappa shape index (κ2) is 7.21. The molecule has 2 unspecified atom stereocenters. The average Bonchev–Trinajstić information content (AvgIpc) is 3.41. The van der Waals surface area contributed by atoms with Crippen LogP contribution >= 0.6 is 0 Å². The van der Waals surface area contributed by atoms with Crippen molar-refractivity contribution in [1.82, 2.24) is 15.1 Å². The van der Waals surface area contributed by atoms with Gasteiger partial charge in [-0.25, -0.2) is 0 Å². The largest absolute Gasteiger partial charge is 0.497 e. The summed E-state index contributed by atoms with van der Waals surface area (Å²) in [6, 6.07) is 7.61. The van der Waals surface area contributed by atoms with Crippen LogP contribution in [0, 0.1) is 11.8 Å². The summed E-state index contributed by atoms with van der Waals surface area (Å²) in [4.78, 5) is 28.8. The second-order valence-corrected chi connectivity index (χ2v) is 6.64. The number of piperazine rings is 1. The van der Waals surface area contributed by atoms with Gasteiger partial charge in [0.15, 0.2) is 0 Å². The first kappa shape index (κ1) is 16.8. The number of methoxy groups -OCH3 is 1. The SMILES string of the molecule is COc1ccc(CNC(=O)C2CC2C(=O)N2CCN(C)CC2)cc1. The molecule has 0 radical (unpaired) electrons. The summed E-state index contributed by atoms with van der Waals surface area (Å²) < 4.78 is 5.12. The van der Waals surface area contributed by atoms with Gasteiger partial charge in [0.25, 0.3) is 0 Å². The molecule has 3 rings (SSSR count). The molecule has 1 saturated heterocycles. The van der Waals surface area contributed by atoms with E-state index in [-0.39, 0.29) is 23.7 Å². The molecule has 1 aromatic carbocycles. The van der Waals surface area contributed by atoms with Gasteiger partial charge >= 0.3 is 0 Å². The molecule has 24 heavy (non-hydrogen) atoms. The number of amides is 2.